The smallest absolute Gasteiger partial charge is 0.251 e. The third-order valence-corrected chi connectivity index (χ3v) is 5.23. The Labute approximate surface area is 167 Å². The van der Waals surface area contributed by atoms with Gasteiger partial charge in [-0.25, -0.2) is 0 Å². The molecule has 0 bridgehead atoms. The number of nitrogens with zero attached hydrogens (tertiary/aromatic N) is 3. The van der Waals surface area contributed by atoms with Gasteiger partial charge >= 0.3 is 0 Å². The fourth-order valence-electron chi connectivity index (χ4n) is 3.73. The Morgan fingerprint density at radius 1 is 1.07 bits per heavy atom. The van der Waals surface area contributed by atoms with Crippen LogP contribution in [-0.2, 0) is 4.79 Å². The quantitative estimate of drug-likeness (QED) is 0.690. The summed E-state index contributed by atoms with van der Waals surface area (Å²) in [5.41, 5.74) is 1.36. The average Bonchev–Trinajstić information content (AvgIpc) is 3.42. The monoisotopic (exact) mass is 391 g/mol. The van der Waals surface area contributed by atoms with Crippen LogP contribution in [0.1, 0.15) is 35.0 Å². The van der Waals surface area contributed by atoms with E-state index >= 15 is 0 Å². The Morgan fingerprint density at radius 3 is 2.55 bits per heavy atom. The number of pyridine rings is 1. The van der Waals surface area contributed by atoms with Crippen LogP contribution in [0.3, 0.4) is 0 Å². The summed E-state index contributed by atoms with van der Waals surface area (Å²) < 4.78 is 5.53. The summed E-state index contributed by atoms with van der Waals surface area (Å²) in [5, 5.41) is 9.80. The average molecular weight is 391 g/mol. The molecule has 4 rings (SSSR count). The number of carbonyl (C=O) groups is 2. The molecule has 3 unspecified atom stereocenters. The Kier molecular flexibility index (Phi) is 5.33. The maximum Gasteiger partial charge on any atom is 0.251 e. The van der Waals surface area contributed by atoms with Gasteiger partial charge in [0.05, 0.1) is 5.92 Å². The molecule has 1 fully saturated rings. The van der Waals surface area contributed by atoms with Gasteiger partial charge in [0.1, 0.15) is 0 Å². The van der Waals surface area contributed by atoms with Crippen molar-refractivity contribution in [3.63, 3.8) is 0 Å². The molecule has 2 heterocycles. The number of hydrogen-bond donors (Lipinski definition) is 2. The second-order valence-corrected chi connectivity index (χ2v) is 7.03. The van der Waals surface area contributed by atoms with Crippen molar-refractivity contribution in [2.24, 2.45) is 5.92 Å². The molecule has 3 aromatic rings. The lowest BCUT2D eigenvalue weighted by Gasteiger charge is -2.17. The Balaban J connectivity index is 1.58. The van der Waals surface area contributed by atoms with Gasteiger partial charge in [0.15, 0.2) is 0 Å². The van der Waals surface area contributed by atoms with Gasteiger partial charge in [0, 0.05) is 42.5 Å². The van der Waals surface area contributed by atoms with Crippen molar-refractivity contribution in [3.05, 3.63) is 66.3 Å². The summed E-state index contributed by atoms with van der Waals surface area (Å²) in [5.74, 6) is 0.160. The SMILES string of the molecule is CNC(=O)C1CC(NC(=O)c2ccncc2)C(c2nc(-c3ccccc3)no2)C1. The van der Waals surface area contributed by atoms with Crippen LogP contribution in [0.15, 0.2) is 59.4 Å². The molecule has 1 aromatic carbocycles. The van der Waals surface area contributed by atoms with Crippen molar-refractivity contribution < 1.29 is 14.1 Å². The predicted octanol–water partition coefficient (Wildman–Crippen LogP) is 2.17. The van der Waals surface area contributed by atoms with Gasteiger partial charge in [-0.15, -0.1) is 0 Å². The normalized spacial score (nSPS) is 20.9. The first-order valence-corrected chi connectivity index (χ1v) is 9.47. The minimum atomic E-state index is -0.290. The molecule has 0 saturated heterocycles. The number of benzene rings is 1. The summed E-state index contributed by atoms with van der Waals surface area (Å²) in [7, 11) is 1.61. The highest BCUT2D eigenvalue weighted by Gasteiger charge is 2.42. The Hall–Kier alpha value is -3.55. The second kappa shape index (κ2) is 8.22. The minimum absolute atomic E-state index is 0.0570. The van der Waals surface area contributed by atoms with Crippen LogP contribution in [0.5, 0.6) is 0 Å². The van der Waals surface area contributed by atoms with Crippen LogP contribution in [-0.4, -0.2) is 40.0 Å². The lowest BCUT2D eigenvalue weighted by atomic mass is 10.0. The van der Waals surface area contributed by atoms with Crippen molar-refractivity contribution in [2.45, 2.75) is 24.8 Å². The Bertz CT molecular complexity index is 990. The van der Waals surface area contributed by atoms with E-state index in [1.165, 1.54) is 0 Å². The van der Waals surface area contributed by atoms with E-state index in [1.54, 1.807) is 31.6 Å². The van der Waals surface area contributed by atoms with E-state index in [0.717, 1.165) is 5.56 Å². The Morgan fingerprint density at radius 2 is 1.83 bits per heavy atom. The first kappa shape index (κ1) is 18.8. The molecule has 148 valence electrons. The summed E-state index contributed by atoms with van der Waals surface area (Å²) in [6.45, 7) is 0. The molecule has 2 amide bonds. The third-order valence-electron chi connectivity index (χ3n) is 5.23. The molecule has 0 spiro atoms. The highest BCUT2D eigenvalue weighted by atomic mass is 16.5. The molecule has 8 nitrogen and oxygen atoms in total. The van der Waals surface area contributed by atoms with E-state index in [9.17, 15) is 9.59 Å². The standard InChI is InChI=1S/C21H21N5O3/c1-22-19(27)15-11-16(17(12-15)24-20(28)14-7-9-23-10-8-14)21-25-18(26-29-21)13-5-3-2-4-6-13/h2-10,15-17H,11-12H2,1H3,(H,22,27)(H,24,28). The topological polar surface area (TPSA) is 110 Å². The van der Waals surface area contributed by atoms with Crippen LogP contribution in [0.2, 0.25) is 0 Å². The molecular formula is C21H21N5O3. The maximum atomic E-state index is 12.6. The van der Waals surface area contributed by atoms with E-state index in [4.69, 9.17) is 4.52 Å². The van der Waals surface area contributed by atoms with Crippen LogP contribution >= 0.6 is 0 Å². The molecule has 1 saturated carbocycles. The summed E-state index contributed by atoms with van der Waals surface area (Å²) >= 11 is 0. The summed E-state index contributed by atoms with van der Waals surface area (Å²) in [6.07, 6.45) is 4.17. The molecular weight excluding hydrogens is 370 g/mol. The molecule has 1 aliphatic carbocycles. The number of aromatic nitrogens is 3. The van der Waals surface area contributed by atoms with Gasteiger partial charge in [0.2, 0.25) is 17.6 Å². The highest BCUT2D eigenvalue weighted by Crippen LogP contribution is 2.38. The zero-order chi connectivity index (χ0) is 20.2. The van der Waals surface area contributed by atoms with E-state index in [1.807, 2.05) is 30.3 Å². The maximum absolute atomic E-state index is 12.6. The molecule has 0 radical (unpaired) electrons. The third kappa shape index (κ3) is 4.01. The number of rotatable bonds is 5. The van der Waals surface area contributed by atoms with E-state index in [2.05, 4.69) is 25.8 Å². The zero-order valence-corrected chi connectivity index (χ0v) is 15.9. The second-order valence-electron chi connectivity index (χ2n) is 7.03. The van der Waals surface area contributed by atoms with Gasteiger partial charge in [-0.05, 0) is 25.0 Å². The van der Waals surface area contributed by atoms with Gasteiger partial charge in [0.25, 0.3) is 5.91 Å². The van der Waals surface area contributed by atoms with E-state index < -0.39 is 0 Å². The largest absolute Gasteiger partial charge is 0.359 e. The van der Waals surface area contributed by atoms with Gasteiger partial charge < -0.3 is 15.2 Å². The van der Waals surface area contributed by atoms with Gasteiger partial charge in [-0.2, -0.15) is 4.98 Å². The molecule has 29 heavy (non-hydrogen) atoms. The van der Waals surface area contributed by atoms with Crippen molar-refractivity contribution in [2.75, 3.05) is 7.05 Å². The first-order chi connectivity index (χ1) is 14.2. The molecule has 3 atom stereocenters. The van der Waals surface area contributed by atoms with Crippen molar-refractivity contribution in [1.82, 2.24) is 25.8 Å². The molecule has 0 aliphatic heterocycles. The number of amides is 2. The number of carbonyl (C=O) groups excluding carboxylic acids is 2. The van der Waals surface area contributed by atoms with Crippen molar-refractivity contribution in [1.29, 1.82) is 0 Å². The molecule has 8 heteroatoms. The summed E-state index contributed by atoms with van der Waals surface area (Å²) in [6, 6.07) is 12.5. The predicted molar refractivity (Wildman–Crippen MR) is 105 cm³/mol. The van der Waals surface area contributed by atoms with Crippen molar-refractivity contribution >= 4 is 11.8 Å². The van der Waals surface area contributed by atoms with E-state index in [-0.39, 0.29) is 29.7 Å². The number of hydrogen-bond acceptors (Lipinski definition) is 6. The minimum Gasteiger partial charge on any atom is -0.359 e. The van der Waals surface area contributed by atoms with Gasteiger partial charge in [-0.3, -0.25) is 14.6 Å². The first-order valence-electron chi connectivity index (χ1n) is 9.47. The lowest BCUT2D eigenvalue weighted by Crippen LogP contribution is -2.37. The van der Waals surface area contributed by atoms with Crippen LogP contribution in [0, 0.1) is 5.92 Å². The highest BCUT2D eigenvalue weighted by molar-refractivity contribution is 5.94. The molecule has 2 N–H and O–H groups in total. The molecule has 1 aliphatic rings. The van der Waals surface area contributed by atoms with Crippen LogP contribution < -0.4 is 10.6 Å². The summed E-state index contributed by atoms with van der Waals surface area (Å²) in [4.78, 5) is 33.3. The number of nitrogens with one attached hydrogen (secondary N) is 2. The van der Waals surface area contributed by atoms with Crippen LogP contribution in [0.25, 0.3) is 11.4 Å². The molecule has 2 aromatic heterocycles. The van der Waals surface area contributed by atoms with Gasteiger partial charge in [-0.1, -0.05) is 35.5 Å². The zero-order valence-electron chi connectivity index (χ0n) is 15.9. The van der Waals surface area contributed by atoms with E-state index in [0.29, 0.717) is 30.1 Å². The van der Waals surface area contributed by atoms with Crippen LogP contribution in [0.4, 0.5) is 0 Å². The fraction of sp³-hybridized carbons (Fsp3) is 0.286. The van der Waals surface area contributed by atoms with Crippen molar-refractivity contribution in [3.8, 4) is 11.4 Å². The lowest BCUT2D eigenvalue weighted by molar-refractivity contribution is -0.124. The fourth-order valence-corrected chi connectivity index (χ4v) is 3.73.